The molecule has 4 rings (SSSR count). The van der Waals surface area contributed by atoms with E-state index < -0.39 is 11.9 Å². The van der Waals surface area contributed by atoms with Crippen LogP contribution in [0.25, 0.3) is 16.9 Å². The molecule has 0 spiro atoms. The third-order valence-corrected chi connectivity index (χ3v) is 4.78. The van der Waals surface area contributed by atoms with E-state index in [0.29, 0.717) is 30.4 Å². The first-order valence-electron chi connectivity index (χ1n) is 9.71. The van der Waals surface area contributed by atoms with Crippen molar-refractivity contribution < 1.29 is 24.2 Å². The number of benzene rings is 2. The molecule has 0 aliphatic carbocycles. The first-order valence-corrected chi connectivity index (χ1v) is 9.71. The highest BCUT2D eigenvalue weighted by molar-refractivity contribution is 5.93. The molecular formula is C23H21N3O5. The van der Waals surface area contributed by atoms with Crippen LogP contribution in [0.1, 0.15) is 5.56 Å². The number of rotatable bonds is 6. The highest BCUT2D eigenvalue weighted by Gasteiger charge is 2.19. The van der Waals surface area contributed by atoms with Gasteiger partial charge in [-0.15, -0.1) is 0 Å². The van der Waals surface area contributed by atoms with Crippen molar-refractivity contribution in [2.24, 2.45) is 0 Å². The van der Waals surface area contributed by atoms with Gasteiger partial charge in [0.05, 0.1) is 11.4 Å². The first kappa shape index (κ1) is 20.2. The maximum absolute atomic E-state index is 12.3. The summed E-state index contributed by atoms with van der Waals surface area (Å²) < 4.78 is 13.1. The van der Waals surface area contributed by atoms with Crippen LogP contribution in [0.4, 0.5) is 0 Å². The summed E-state index contributed by atoms with van der Waals surface area (Å²) in [5.74, 6) is -0.249. The number of aliphatic carboxylic acids is 1. The Labute approximate surface area is 178 Å². The van der Waals surface area contributed by atoms with Crippen LogP contribution < -0.4 is 9.47 Å². The fraction of sp³-hybridized carbons (Fsp3) is 0.174. The van der Waals surface area contributed by atoms with E-state index in [1.807, 2.05) is 54.7 Å². The zero-order valence-electron chi connectivity index (χ0n) is 16.9. The third kappa shape index (κ3) is 4.58. The van der Waals surface area contributed by atoms with Crippen LogP contribution in [-0.4, -0.2) is 51.9 Å². The van der Waals surface area contributed by atoms with Crippen LogP contribution in [0.5, 0.6) is 11.5 Å². The molecule has 1 N–H and O–H groups in total. The van der Waals surface area contributed by atoms with Gasteiger partial charge in [-0.2, -0.15) is 5.10 Å². The predicted octanol–water partition coefficient (Wildman–Crippen LogP) is 2.91. The topological polar surface area (TPSA) is 93.9 Å². The van der Waals surface area contributed by atoms with E-state index in [2.05, 4.69) is 0 Å². The van der Waals surface area contributed by atoms with Gasteiger partial charge < -0.3 is 19.5 Å². The number of nitrogens with zero attached hydrogens (tertiary/aromatic N) is 3. The maximum atomic E-state index is 12.3. The maximum Gasteiger partial charge on any atom is 0.328 e. The Hall–Kier alpha value is -4.07. The lowest BCUT2D eigenvalue weighted by molar-refractivity contribution is -0.132. The molecule has 0 atom stereocenters. The molecule has 3 aromatic rings. The lowest BCUT2D eigenvalue weighted by atomic mass is 10.1. The van der Waals surface area contributed by atoms with Crippen LogP contribution in [0.2, 0.25) is 0 Å². The number of aromatic nitrogens is 2. The number of carboxylic acid groups (broad SMARTS) is 1. The highest BCUT2D eigenvalue weighted by Crippen LogP contribution is 2.35. The van der Waals surface area contributed by atoms with E-state index in [1.54, 1.807) is 11.7 Å². The van der Waals surface area contributed by atoms with Gasteiger partial charge in [-0.25, -0.2) is 9.48 Å². The summed E-state index contributed by atoms with van der Waals surface area (Å²) in [7, 11) is 1.61. The van der Waals surface area contributed by atoms with Gasteiger partial charge in [-0.05, 0) is 30.3 Å². The number of likely N-dealkylation sites (N-methyl/N-ethyl adjacent to an activating group) is 1. The van der Waals surface area contributed by atoms with E-state index >= 15 is 0 Å². The molecule has 0 bridgehead atoms. The van der Waals surface area contributed by atoms with Crippen LogP contribution in [0.15, 0.2) is 66.9 Å². The number of amides is 1. The SMILES string of the molecule is CN(Cc1cn(-c2ccccc2)nc1-c1ccc2c(c1)OCCO2)C(=O)/C=C/C(=O)O. The fourth-order valence-electron chi connectivity index (χ4n) is 3.28. The van der Waals surface area contributed by atoms with Crippen molar-refractivity contribution in [1.82, 2.24) is 14.7 Å². The molecule has 0 saturated carbocycles. The van der Waals surface area contributed by atoms with Gasteiger partial charge in [0.25, 0.3) is 0 Å². The number of carboxylic acids is 1. The molecule has 0 fully saturated rings. The first-order chi connectivity index (χ1) is 15.0. The molecular weight excluding hydrogens is 398 g/mol. The molecule has 158 valence electrons. The van der Waals surface area contributed by atoms with E-state index in [1.165, 1.54) is 4.90 Å². The Balaban J connectivity index is 1.70. The van der Waals surface area contributed by atoms with Crippen molar-refractivity contribution in [3.8, 4) is 28.4 Å². The number of hydrogen-bond acceptors (Lipinski definition) is 5. The molecule has 2 aromatic carbocycles. The molecule has 0 unspecified atom stereocenters. The molecule has 1 aliphatic heterocycles. The Morgan fingerprint density at radius 2 is 1.84 bits per heavy atom. The Bertz CT molecular complexity index is 1140. The molecule has 0 saturated heterocycles. The second kappa shape index (κ2) is 8.74. The summed E-state index contributed by atoms with van der Waals surface area (Å²) in [5, 5.41) is 13.5. The number of hydrogen-bond donors (Lipinski definition) is 1. The van der Waals surface area contributed by atoms with Gasteiger partial charge in [-0.1, -0.05) is 18.2 Å². The summed E-state index contributed by atoms with van der Waals surface area (Å²) in [4.78, 5) is 24.4. The molecule has 1 amide bonds. The van der Waals surface area contributed by atoms with Crippen LogP contribution in [-0.2, 0) is 16.1 Å². The number of ether oxygens (including phenoxy) is 2. The van der Waals surface area contributed by atoms with Crippen molar-refractivity contribution in [3.05, 3.63) is 72.4 Å². The summed E-state index contributed by atoms with van der Waals surface area (Å²) >= 11 is 0. The van der Waals surface area contributed by atoms with Crippen molar-refractivity contribution in [1.29, 1.82) is 0 Å². The smallest absolute Gasteiger partial charge is 0.328 e. The average Bonchev–Trinajstić information content (AvgIpc) is 3.21. The van der Waals surface area contributed by atoms with E-state index in [4.69, 9.17) is 19.7 Å². The van der Waals surface area contributed by atoms with Crippen LogP contribution >= 0.6 is 0 Å². The van der Waals surface area contributed by atoms with Crippen molar-refractivity contribution >= 4 is 11.9 Å². The summed E-state index contributed by atoms with van der Waals surface area (Å²) in [6.45, 7) is 1.24. The Morgan fingerprint density at radius 1 is 1.10 bits per heavy atom. The normalized spacial score (nSPS) is 12.7. The standard InChI is InChI=1S/C23H21N3O5/c1-25(21(27)9-10-22(28)29)14-17-15-26(18-5-3-2-4-6-18)24-23(17)16-7-8-19-20(13-16)31-12-11-30-19/h2-10,13,15H,11-12,14H2,1H3,(H,28,29)/b10-9+. The zero-order valence-corrected chi connectivity index (χ0v) is 16.9. The largest absolute Gasteiger partial charge is 0.486 e. The van der Waals surface area contributed by atoms with Gasteiger partial charge in [0.2, 0.25) is 5.91 Å². The van der Waals surface area contributed by atoms with E-state index in [0.717, 1.165) is 29.0 Å². The average molecular weight is 419 g/mol. The summed E-state index contributed by atoms with van der Waals surface area (Å²) in [6, 6.07) is 15.3. The van der Waals surface area contributed by atoms with Crippen LogP contribution in [0.3, 0.4) is 0 Å². The predicted molar refractivity (Wildman–Crippen MR) is 113 cm³/mol. The summed E-state index contributed by atoms with van der Waals surface area (Å²) in [5.41, 5.74) is 3.21. The Morgan fingerprint density at radius 3 is 2.58 bits per heavy atom. The number of carbonyl (C=O) groups excluding carboxylic acids is 1. The monoisotopic (exact) mass is 419 g/mol. The van der Waals surface area contributed by atoms with Crippen molar-refractivity contribution in [2.45, 2.75) is 6.54 Å². The molecule has 8 nitrogen and oxygen atoms in total. The molecule has 1 aromatic heterocycles. The van der Waals surface area contributed by atoms with E-state index in [-0.39, 0.29) is 6.54 Å². The van der Waals surface area contributed by atoms with Gasteiger partial charge in [0.1, 0.15) is 13.2 Å². The lowest BCUT2D eigenvalue weighted by Gasteiger charge is -2.19. The minimum Gasteiger partial charge on any atom is -0.486 e. The molecule has 31 heavy (non-hydrogen) atoms. The summed E-state index contributed by atoms with van der Waals surface area (Å²) in [6.07, 6.45) is 3.73. The second-order valence-electron chi connectivity index (χ2n) is 7.01. The lowest BCUT2D eigenvalue weighted by Crippen LogP contribution is -2.24. The number of carbonyl (C=O) groups is 2. The minimum atomic E-state index is -1.17. The number of para-hydroxylation sites is 1. The molecule has 1 aliphatic rings. The van der Waals surface area contributed by atoms with Crippen LogP contribution in [0, 0.1) is 0 Å². The highest BCUT2D eigenvalue weighted by atomic mass is 16.6. The quantitative estimate of drug-likeness (QED) is 0.618. The van der Waals surface area contributed by atoms with Crippen molar-refractivity contribution in [3.63, 3.8) is 0 Å². The van der Waals surface area contributed by atoms with Gasteiger partial charge >= 0.3 is 5.97 Å². The zero-order chi connectivity index (χ0) is 21.8. The minimum absolute atomic E-state index is 0.249. The fourth-order valence-corrected chi connectivity index (χ4v) is 3.28. The third-order valence-electron chi connectivity index (χ3n) is 4.78. The second-order valence-corrected chi connectivity index (χ2v) is 7.01. The molecule has 0 radical (unpaired) electrons. The Kier molecular flexibility index (Phi) is 5.70. The number of fused-ring (bicyclic) bond motifs is 1. The van der Waals surface area contributed by atoms with Gasteiger partial charge in [0.15, 0.2) is 11.5 Å². The van der Waals surface area contributed by atoms with Crippen molar-refractivity contribution in [2.75, 3.05) is 20.3 Å². The van der Waals surface area contributed by atoms with Gasteiger partial charge in [0, 0.05) is 43.1 Å². The molecule has 2 heterocycles. The van der Waals surface area contributed by atoms with E-state index in [9.17, 15) is 9.59 Å². The molecule has 8 heteroatoms. The van der Waals surface area contributed by atoms with Gasteiger partial charge in [-0.3, -0.25) is 4.79 Å².